The van der Waals surface area contributed by atoms with Crippen LogP contribution in [0.25, 0.3) is 0 Å². The standard InChI is InChI=1S/C7H3F3O3/c8-7(9,10)6(13)5-3(11)1-2-4(5)12/h1-2,5H. The van der Waals surface area contributed by atoms with Crippen molar-refractivity contribution in [3.63, 3.8) is 0 Å². The Labute approximate surface area is 70.2 Å². The van der Waals surface area contributed by atoms with Crippen molar-refractivity contribution >= 4 is 17.3 Å². The summed E-state index contributed by atoms with van der Waals surface area (Å²) in [5.41, 5.74) is 0. The van der Waals surface area contributed by atoms with Crippen molar-refractivity contribution in [2.24, 2.45) is 5.92 Å². The Bertz CT molecular complexity index is 295. The van der Waals surface area contributed by atoms with Gasteiger partial charge in [0.25, 0.3) is 5.78 Å². The number of halogens is 3. The molecule has 0 aromatic heterocycles. The highest BCUT2D eigenvalue weighted by molar-refractivity contribution is 6.30. The zero-order valence-electron chi connectivity index (χ0n) is 6.09. The number of hydrogen-bond donors (Lipinski definition) is 0. The molecule has 1 aliphatic carbocycles. The molecule has 0 atom stereocenters. The van der Waals surface area contributed by atoms with Gasteiger partial charge < -0.3 is 0 Å². The van der Waals surface area contributed by atoms with Gasteiger partial charge in [0.05, 0.1) is 0 Å². The van der Waals surface area contributed by atoms with Gasteiger partial charge in [0.2, 0.25) is 0 Å². The Balaban J connectivity index is 2.92. The van der Waals surface area contributed by atoms with E-state index in [0.717, 1.165) is 0 Å². The zero-order valence-corrected chi connectivity index (χ0v) is 6.09. The molecular weight excluding hydrogens is 189 g/mol. The average Bonchev–Trinajstić information content (AvgIpc) is 2.28. The molecule has 0 bridgehead atoms. The van der Waals surface area contributed by atoms with Crippen molar-refractivity contribution in [3.8, 4) is 0 Å². The monoisotopic (exact) mass is 192 g/mol. The van der Waals surface area contributed by atoms with Gasteiger partial charge in [0, 0.05) is 0 Å². The molecule has 0 saturated heterocycles. The van der Waals surface area contributed by atoms with Gasteiger partial charge >= 0.3 is 6.18 Å². The fraction of sp³-hybridized carbons (Fsp3) is 0.286. The largest absolute Gasteiger partial charge is 0.451 e. The molecule has 13 heavy (non-hydrogen) atoms. The van der Waals surface area contributed by atoms with Gasteiger partial charge in [0.15, 0.2) is 17.5 Å². The van der Waals surface area contributed by atoms with E-state index < -0.39 is 29.4 Å². The van der Waals surface area contributed by atoms with Gasteiger partial charge in [-0.15, -0.1) is 0 Å². The van der Waals surface area contributed by atoms with Crippen LogP contribution in [0.3, 0.4) is 0 Å². The second-order valence-electron chi connectivity index (χ2n) is 2.43. The molecule has 0 aromatic rings. The molecular formula is C7H3F3O3. The summed E-state index contributed by atoms with van der Waals surface area (Å²) in [4.78, 5) is 31.8. The summed E-state index contributed by atoms with van der Waals surface area (Å²) in [6, 6.07) is 0. The van der Waals surface area contributed by atoms with Crippen molar-refractivity contribution in [2.75, 3.05) is 0 Å². The molecule has 0 aliphatic heterocycles. The highest BCUT2D eigenvalue weighted by Crippen LogP contribution is 2.24. The van der Waals surface area contributed by atoms with Crippen LogP contribution in [0.4, 0.5) is 13.2 Å². The Morgan fingerprint density at radius 1 is 1.15 bits per heavy atom. The average molecular weight is 192 g/mol. The van der Waals surface area contributed by atoms with E-state index in [1.54, 1.807) is 0 Å². The Morgan fingerprint density at radius 3 is 1.85 bits per heavy atom. The first-order valence-corrected chi connectivity index (χ1v) is 3.21. The maximum Gasteiger partial charge on any atom is 0.451 e. The summed E-state index contributed by atoms with van der Waals surface area (Å²) in [5.74, 6) is -6.70. The quantitative estimate of drug-likeness (QED) is 0.566. The molecule has 0 fully saturated rings. The van der Waals surface area contributed by atoms with Crippen molar-refractivity contribution in [1.29, 1.82) is 0 Å². The third-order valence-corrected chi connectivity index (χ3v) is 1.52. The number of carbonyl (C=O) groups is 3. The van der Waals surface area contributed by atoms with Gasteiger partial charge in [-0.1, -0.05) is 0 Å². The number of hydrogen-bond acceptors (Lipinski definition) is 3. The topological polar surface area (TPSA) is 51.2 Å². The summed E-state index contributed by atoms with van der Waals surface area (Å²) in [7, 11) is 0. The summed E-state index contributed by atoms with van der Waals surface area (Å²) in [6.07, 6.45) is -3.78. The smallest absolute Gasteiger partial charge is 0.294 e. The summed E-state index contributed by atoms with van der Waals surface area (Å²) in [5, 5.41) is 0. The van der Waals surface area contributed by atoms with E-state index in [1.165, 1.54) is 0 Å². The second-order valence-corrected chi connectivity index (χ2v) is 2.43. The third-order valence-electron chi connectivity index (χ3n) is 1.52. The Hall–Kier alpha value is -1.46. The first-order chi connectivity index (χ1) is 5.84. The van der Waals surface area contributed by atoms with E-state index >= 15 is 0 Å². The fourth-order valence-electron chi connectivity index (χ4n) is 0.919. The number of alkyl halides is 3. The minimum Gasteiger partial charge on any atom is -0.294 e. The van der Waals surface area contributed by atoms with Gasteiger partial charge in [-0.3, -0.25) is 14.4 Å². The Morgan fingerprint density at radius 2 is 1.54 bits per heavy atom. The number of rotatable bonds is 1. The number of ketones is 3. The van der Waals surface area contributed by atoms with Crippen LogP contribution >= 0.6 is 0 Å². The van der Waals surface area contributed by atoms with Crippen molar-refractivity contribution < 1.29 is 27.6 Å². The highest BCUT2D eigenvalue weighted by atomic mass is 19.4. The normalized spacial score (nSPS) is 18.4. The maximum absolute atomic E-state index is 11.8. The number of Topliss-reactive ketones (excluding diaryl/α,β-unsaturated/α-hetero) is 1. The maximum atomic E-state index is 11.8. The van der Waals surface area contributed by atoms with Crippen LogP contribution in [-0.4, -0.2) is 23.5 Å². The van der Waals surface area contributed by atoms with Gasteiger partial charge in [0.1, 0.15) is 0 Å². The van der Waals surface area contributed by atoms with Crippen LogP contribution in [0.15, 0.2) is 12.2 Å². The van der Waals surface area contributed by atoms with Crippen LogP contribution in [0.1, 0.15) is 0 Å². The summed E-state index contributed by atoms with van der Waals surface area (Å²) >= 11 is 0. The minimum atomic E-state index is -5.14. The predicted molar refractivity (Wildman–Crippen MR) is 33.7 cm³/mol. The zero-order chi connectivity index (χ0) is 10.2. The van der Waals surface area contributed by atoms with E-state index in [1.807, 2.05) is 0 Å². The molecule has 1 rings (SSSR count). The molecule has 0 amide bonds. The molecule has 6 heteroatoms. The molecule has 0 heterocycles. The van der Waals surface area contributed by atoms with Crippen molar-refractivity contribution in [2.45, 2.75) is 6.18 Å². The SMILES string of the molecule is O=C1C=CC(=O)C1C(=O)C(F)(F)F. The van der Waals surface area contributed by atoms with Crippen LogP contribution in [0.2, 0.25) is 0 Å². The van der Waals surface area contributed by atoms with Crippen LogP contribution < -0.4 is 0 Å². The summed E-state index contributed by atoms with van der Waals surface area (Å²) < 4.78 is 35.3. The van der Waals surface area contributed by atoms with E-state index in [4.69, 9.17) is 0 Å². The predicted octanol–water partition coefficient (Wildman–Crippen LogP) is 0.442. The first kappa shape index (κ1) is 9.63. The molecule has 0 unspecified atom stereocenters. The first-order valence-electron chi connectivity index (χ1n) is 3.21. The molecule has 0 N–H and O–H groups in total. The molecule has 3 nitrogen and oxygen atoms in total. The van der Waals surface area contributed by atoms with Crippen LogP contribution in [-0.2, 0) is 14.4 Å². The van der Waals surface area contributed by atoms with Gasteiger partial charge in [-0.2, -0.15) is 13.2 Å². The molecule has 0 radical (unpaired) electrons. The third kappa shape index (κ3) is 1.66. The van der Waals surface area contributed by atoms with E-state index in [0.29, 0.717) is 12.2 Å². The van der Waals surface area contributed by atoms with Crippen molar-refractivity contribution in [3.05, 3.63) is 12.2 Å². The van der Waals surface area contributed by atoms with Gasteiger partial charge in [-0.05, 0) is 12.2 Å². The van der Waals surface area contributed by atoms with Gasteiger partial charge in [-0.25, -0.2) is 0 Å². The van der Waals surface area contributed by atoms with E-state index in [-0.39, 0.29) is 0 Å². The lowest BCUT2D eigenvalue weighted by Gasteiger charge is -2.08. The molecule has 0 aromatic carbocycles. The molecule has 70 valence electrons. The summed E-state index contributed by atoms with van der Waals surface area (Å²) in [6.45, 7) is 0. The molecule has 0 saturated carbocycles. The fourth-order valence-corrected chi connectivity index (χ4v) is 0.919. The van der Waals surface area contributed by atoms with E-state index in [9.17, 15) is 27.6 Å². The van der Waals surface area contributed by atoms with Crippen LogP contribution in [0.5, 0.6) is 0 Å². The lowest BCUT2D eigenvalue weighted by atomic mass is 9.99. The van der Waals surface area contributed by atoms with Crippen molar-refractivity contribution in [1.82, 2.24) is 0 Å². The van der Waals surface area contributed by atoms with E-state index in [2.05, 4.69) is 0 Å². The lowest BCUT2D eigenvalue weighted by molar-refractivity contribution is -0.176. The Kier molecular flexibility index (Phi) is 2.07. The van der Waals surface area contributed by atoms with Crippen LogP contribution in [0, 0.1) is 5.92 Å². The molecule has 1 aliphatic rings. The number of allylic oxidation sites excluding steroid dienone is 2. The number of carbonyl (C=O) groups excluding carboxylic acids is 3. The highest BCUT2D eigenvalue weighted by Gasteiger charge is 2.49. The minimum absolute atomic E-state index is 0.677. The lowest BCUT2D eigenvalue weighted by Crippen LogP contribution is -2.36. The molecule has 0 spiro atoms. The second kappa shape index (κ2) is 2.79.